The molecule has 1 amide bonds. The molecule has 7 nitrogen and oxygen atoms in total. The molecule has 1 aliphatic heterocycles. The van der Waals surface area contributed by atoms with Crippen LogP contribution in [0.2, 0.25) is 0 Å². The van der Waals surface area contributed by atoms with E-state index in [2.05, 4.69) is 20.7 Å². The van der Waals surface area contributed by atoms with Crippen LogP contribution in [0.3, 0.4) is 0 Å². The lowest BCUT2D eigenvalue weighted by atomic mass is 10.1. The summed E-state index contributed by atoms with van der Waals surface area (Å²) < 4.78 is 34.9. The number of ether oxygens (including phenoxy) is 1. The zero-order chi connectivity index (χ0) is 18.1. The highest BCUT2D eigenvalue weighted by atomic mass is 19.2. The number of carbonyl (C=O) groups excluding carboxylic acids is 1. The van der Waals surface area contributed by atoms with Crippen molar-refractivity contribution in [1.82, 2.24) is 25.2 Å². The molecule has 1 aromatic carbocycles. The van der Waals surface area contributed by atoms with Crippen LogP contribution in [0.1, 0.15) is 10.5 Å². The molecule has 4 rings (SSSR count). The minimum absolute atomic E-state index is 0.156. The van der Waals surface area contributed by atoms with Crippen LogP contribution in [-0.4, -0.2) is 46.7 Å². The summed E-state index contributed by atoms with van der Waals surface area (Å²) in [7, 11) is 0. The second-order valence-electron chi connectivity index (χ2n) is 5.76. The van der Waals surface area contributed by atoms with E-state index in [0.717, 1.165) is 6.07 Å². The van der Waals surface area contributed by atoms with Crippen molar-refractivity contribution in [2.45, 2.75) is 0 Å². The zero-order valence-corrected chi connectivity index (χ0v) is 13.6. The van der Waals surface area contributed by atoms with Gasteiger partial charge in [-0.15, -0.1) is 0 Å². The molecular weight excluding hydrogens is 344 g/mol. The van der Waals surface area contributed by atoms with Crippen LogP contribution in [0, 0.1) is 11.6 Å². The van der Waals surface area contributed by atoms with Gasteiger partial charge in [0.15, 0.2) is 17.2 Å². The van der Waals surface area contributed by atoms with Gasteiger partial charge in [0, 0.05) is 31.4 Å². The Bertz CT molecular complexity index is 989. The fraction of sp³-hybridized carbons (Fsp3) is 0.235. The summed E-state index contributed by atoms with van der Waals surface area (Å²) in [6, 6.07) is 4.01. The molecule has 4 bridgehead atoms. The van der Waals surface area contributed by atoms with E-state index in [-0.39, 0.29) is 24.0 Å². The first-order valence-electron chi connectivity index (χ1n) is 8.09. The number of hydrogen-bond donors (Lipinski definition) is 2. The minimum atomic E-state index is -1.04. The van der Waals surface area contributed by atoms with Crippen LogP contribution in [0.4, 0.5) is 8.78 Å². The van der Waals surface area contributed by atoms with E-state index in [9.17, 15) is 13.6 Å². The van der Waals surface area contributed by atoms with Crippen LogP contribution in [0.5, 0.6) is 5.75 Å². The van der Waals surface area contributed by atoms with E-state index in [1.165, 1.54) is 16.8 Å². The number of halogens is 2. The van der Waals surface area contributed by atoms with Crippen LogP contribution >= 0.6 is 0 Å². The van der Waals surface area contributed by atoms with Crippen molar-refractivity contribution >= 4 is 11.6 Å². The van der Waals surface area contributed by atoms with Crippen molar-refractivity contribution in [2.75, 3.05) is 26.2 Å². The highest BCUT2D eigenvalue weighted by molar-refractivity contribution is 5.93. The fourth-order valence-electron chi connectivity index (χ4n) is 2.74. The van der Waals surface area contributed by atoms with E-state index in [1.54, 1.807) is 12.3 Å². The Morgan fingerprint density at radius 2 is 2.08 bits per heavy atom. The third-order valence-electron chi connectivity index (χ3n) is 4.03. The maximum absolute atomic E-state index is 14.0. The molecule has 9 heteroatoms. The van der Waals surface area contributed by atoms with Gasteiger partial charge in [-0.1, -0.05) is 0 Å². The highest BCUT2D eigenvalue weighted by Crippen LogP contribution is 2.30. The summed E-state index contributed by atoms with van der Waals surface area (Å²) in [4.78, 5) is 16.6. The first kappa shape index (κ1) is 16.4. The van der Waals surface area contributed by atoms with Crippen molar-refractivity contribution < 1.29 is 18.3 Å². The molecule has 0 fully saturated rings. The van der Waals surface area contributed by atoms with Crippen LogP contribution < -0.4 is 15.4 Å². The summed E-state index contributed by atoms with van der Waals surface area (Å²) >= 11 is 0. The highest BCUT2D eigenvalue weighted by Gasteiger charge is 2.18. The lowest BCUT2D eigenvalue weighted by Crippen LogP contribution is -2.33. The predicted molar refractivity (Wildman–Crippen MR) is 89.0 cm³/mol. The largest absolute Gasteiger partial charge is 0.489 e. The number of aromatic nitrogens is 3. The Balaban J connectivity index is 1.88. The number of carbonyl (C=O) groups is 1. The predicted octanol–water partition coefficient (Wildman–Crippen LogP) is 1.39. The van der Waals surface area contributed by atoms with E-state index in [4.69, 9.17) is 4.74 Å². The van der Waals surface area contributed by atoms with Gasteiger partial charge in [-0.05, 0) is 23.8 Å². The van der Waals surface area contributed by atoms with Gasteiger partial charge in [0.2, 0.25) is 5.82 Å². The van der Waals surface area contributed by atoms with Crippen molar-refractivity contribution in [3.05, 3.63) is 47.9 Å². The Morgan fingerprint density at radius 1 is 1.19 bits per heavy atom. The third-order valence-corrected chi connectivity index (χ3v) is 4.03. The van der Waals surface area contributed by atoms with E-state index < -0.39 is 11.6 Å². The molecule has 134 valence electrons. The lowest BCUT2D eigenvalue weighted by Gasteiger charge is -2.10. The number of hydrogen-bond acceptors (Lipinski definition) is 5. The standard InChI is InChI=1S/C17H15F2N5O2/c18-12-7-10-8-14(15(12)19)26-6-4-20-2-3-21-17(25)13-1-5-24-16(23-13)11(10)9-22-24/h1,5,7-9,20H,2-4,6H2,(H,21,25). The molecule has 0 spiro atoms. The second kappa shape index (κ2) is 6.68. The van der Waals surface area contributed by atoms with E-state index in [0.29, 0.717) is 36.4 Å². The van der Waals surface area contributed by atoms with Gasteiger partial charge in [0.1, 0.15) is 12.3 Å². The smallest absolute Gasteiger partial charge is 0.270 e. The fourth-order valence-corrected chi connectivity index (χ4v) is 2.74. The number of amides is 1. The van der Waals surface area contributed by atoms with Crippen LogP contribution in [0.15, 0.2) is 30.6 Å². The van der Waals surface area contributed by atoms with Gasteiger partial charge in [0.05, 0.1) is 6.20 Å². The Labute approximate surface area is 147 Å². The van der Waals surface area contributed by atoms with Crippen LogP contribution in [0.25, 0.3) is 16.8 Å². The summed E-state index contributed by atoms with van der Waals surface area (Å²) in [5.74, 6) is -2.57. The number of rotatable bonds is 0. The van der Waals surface area contributed by atoms with E-state index >= 15 is 0 Å². The van der Waals surface area contributed by atoms with Crippen molar-refractivity contribution in [3.63, 3.8) is 0 Å². The Kier molecular flexibility index (Phi) is 4.21. The number of fused-ring (bicyclic) bond motifs is 4. The first-order chi connectivity index (χ1) is 12.6. The van der Waals surface area contributed by atoms with Gasteiger partial charge < -0.3 is 15.4 Å². The average molecular weight is 359 g/mol. The second-order valence-corrected chi connectivity index (χ2v) is 5.76. The summed E-state index contributed by atoms with van der Waals surface area (Å²) in [5.41, 5.74) is 1.41. The molecule has 0 saturated carbocycles. The first-order valence-corrected chi connectivity index (χ1v) is 8.09. The molecule has 0 radical (unpaired) electrons. The lowest BCUT2D eigenvalue weighted by molar-refractivity contribution is 0.0949. The van der Waals surface area contributed by atoms with Crippen LogP contribution in [-0.2, 0) is 0 Å². The Hall–Kier alpha value is -3.07. The molecule has 26 heavy (non-hydrogen) atoms. The van der Waals surface area contributed by atoms with Crippen molar-refractivity contribution in [3.8, 4) is 16.9 Å². The maximum atomic E-state index is 14.0. The van der Waals surface area contributed by atoms with Gasteiger partial charge in [-0.2, -0.15) is 9.49 Å². The SMILES string of the molecule is O=C1NCCNCCOc2cc(cc(F)c2F)-c2cnn3ccc1nc23. The van der Waals surface area contributed by atoms with Gasteiger partial charge in [-0.3, -0.25) is 4.79 Å². The minimum Gasteiger partial charge on any atom is -0.489 e. The summed E-state index contributed by atoms with van der Waals surface area (Å²) in [6.07, 6.45) is 3.08. The molecule has 0 unspecified atom stereocenters. The quantitative estimate of drug-likeness (QED) is 0.634. The number of nitrogens with one attached hydrogen (secondary N) is 2. The molecule has 2 N–H and O–H groups in total. The average Bonchev–Trinajstić information content (AvgIpc) is 3.06. The topological polar surface area (TPSA) is 80.5 Å². The zero-order valence-electron chi connectivity index (χ0n) is 13.6. The maximum Gasteiger partial charge on any atom is 0.270 e. The summed E-state index contributed by atoms with van der Waals surface area (Å²) in [5, 5.41) is 9.95. The van der Waals surface area contributed by atoms with Gasteiger partial charge in [0.25, 0.3) is 5.91 Å². The Morgan fingerprint density at radius 3 is 2.96 bits per heavy atom. The normalized spacial score (nSPS) is 15.2. The molecule has 2 aromatic heterocycles. The molecule has 0 atom stereocenters. The molecule has 3 heterocycles. The monoisotopic (exact) mass is 359 g/mol. The number of nitrogens with zero attached hydrogens (tertiary/aromatic N) is 3. The van der Waals surface area contributed by atoms with Crippen molar-refractivity contribution in [2.24, 2.45) is 0 Å². The molecular formula is C17H15F2N5O2. The molecule has 0 saturated heterocycles. The molecule has 1 aliphatic rings. The third kappa shape index (κ3) is 2.97. The number of benzene rings is 1. The molecule has 0 aliphatic carbocycles. The van der Waals surface area contributed by atoms with Gasteiger partial charge in [-0.25, -0.2) is 13.9 Å². The van der Waals surface area contributed by atoms with E-state index in [1.807, 2.05) is 0 Å². The molecule has 3 aromatic rings. The summed E-state index contributed by atoms with van der Waals surface area (Å²) in [6.45, 7) is 1.48. The van der Waals surface area contributed by atoms with Gasteiger partial charge >= 0.3 is 0 Å². The van der Waals surface area contributed by atoms with Crippen molar-refractivity contribution in [1.29, 1.82) is 0 Å².